The summed E-state index contributed by atoms with van der Waals surface area (Å²) in [7, 11) is 8.32. The number of thioether (sulfide) groups is 2. The van der Waals surface area contributed by atoms with Crippen LogP contribution in [0.2, 0.25) is 0 Å². The quantitative estimate of drug-likeness (QED) is 0.146. The van der Waals surface area contributed by atoms with Crippen LogP contribution in [0, 0.1) is 21.7 Å². The summed E-state index contributed by atoms with van der Waals surface area (Å²) in [5, 5.41) is 0.708. The lowest BCUT2D eigenvalue weighted by Gasteiger charge is -2.31. The zero-order valence-corrected chi connectivity index (χ0v) is 34.6. The van der Waals surface area contributed by atoms with E-state index in [1.165, 1.54) is 0 Å². The summed E-state index contributed by atoms with van der Waals surface area (Å²) in [5.41, 5.74) is 0.841. The van der Waals surface area contributed by atoms with Gasteiger partial charge in [-0.1, -0.05) is 89.2 Å². The lowest BCUT2D eigenvalue weighted by molar-refractivity contribution is -0.132. The number of nitrogens with zero attached hydrogens (tertiary/aromatic N) is 4. The van der Waals surface area contributed by atoms with Crippen molar-refractivity contribution in [3.8, 4) is 0 Å². The molecule has 0 aliphatic heterocycles. The van der Waals surface area contributed by atoms with Gasteiger partial charge in [0.2, 0.25) is 11.8 Å². The van der Waals surface area contributed by atoms with Crippen LogP contribution in [0.3, 0.4) is 0 Å². The van der Waals surface area contributed by atoms with E-state index in [1.807, 2.05) is 39.4 Å². The van der Waals surface area contributed by atoms with Crippen molar-refractivity contribution < 1.29 is 9.59 Å². The molecule has 45 heavy (non-hydrogen) atoms. The molecule has 0 fully saturated rings. The largest absolute Gasteiger partial charge is 0.342 e. The highest BCUT2D eigenvalue weighted by molar-refractivity contribution is 8.00. The Bertz CT molecular complexity index is 833. The van der Waals surface area contributed by atoms with Gasteiger partial charge in [-0.3, -0.25) is 9.59 Å². The van der Waals surface area contributed by atoms with Crippen molar-refractivity contribution in [2.24, 2.45) is 21.7 Å². The van der Waals surface area contributed by atoms with Gasteiger partial charge in [0.1, 0.15) is 0 Å². The van der Waals surface area contributed by atoms with E-state index < -0.39 is 0 Å². The summed E-state index contributed by atoms with van der Waals surface area (Å²) in [6, 6.07) is 0. The maximum absolute atomic E-state index is 12.8. The molecule has 6 nitrogen and oxygen atoms in total. The van der Waals surface area contributed by atoms with Gasteiger partial charge in [-0.25, -0.2) is 0 Å². The van der Waals surface area contributed by atoms with E-state index in [-0.39, 0.29) is 22.2 Å². The van der Waals surface area contributed by atoms with Crippen molar-refractivity contribution in [2.45, 2.75) is 113 Å². The van der Waals surface area contributed by atoms with E-state index in [9.17, 15) is 9.59 Å². The van der Waals surface area contributed by atoms with Gasteiger partial charge in [0.05, 0.1) is 0 Å². The highest BCUT2D eigenvalue weighted by Crippen LogP contribution is 2.28. The van der Waals surface area contributed by atoms with E-state index in [2.05, 4.69) is 135 Å². The number of amides is 2. The molecule has 0 aliphatic rings. The topological polar surface area (TPSA) is 47.1 Å². The van der Waals surface area contributed by atoms with Gasteiger partial charge < -0.3 is 19.6 Å². The van der Waals surface area contributed by atoms with Gasteiger partial charge in [0.15, 0.2) is 0 Å². The monoisotopic (exact) mass is 673 g/mol. The van der Waals surface area contributed by atoms with Crippen LogP contribution in [-0.2, 0) is 9.59 Å². The van der Waals surface area contributed by atoms with E-state index in [0.29, 0.717) is 41.2 Å². The maximum Gasteiger partial charge on any atom is 0.224 e. The Morgan fingerprint density at radius 1 is 0.622 bits per heavy atom. The van der Waals surface area contributed by atoms with Crippen molar-refractivity contribution >= 4 is 35.3 Å². The van der Waals surface area contributed by atoms with Gasteiger partial charge in [-0.2, -0.15) is 23.5 Å². The number of hydrogen-bond acceptors (Lipinski definition) is 6. The van der Waals surface area contributed by atoms with Crippen LogP contribution < -0.4 is 0 Å². The first kappa shape index (κ1) is 46.4. The minimum atomic E-state index is 0.105. The number of carbonyl (C=O) groups excluding carboxylic acids is 2. The number of hydrogen-bond donors (Lipinski definition) is 0. The smallest absolute Gasteiger partial charge is 0.224 e. The summed E-state index contributed by atoms with van der Waals surface area (Å²) < 4.78 is 0. The van der Waals surface area contributed by atoms with Crippen molar-refractivity contribution in [1.82, 2.24) is 19.6 Å². The molecule has 0 saturated carbocycles. The average Bonchev–Trinajstić information content (AvgIpc) is 2.81. The first-order valence-electron chi connectivity index (χ1n) is 16.9. The Morgan fingerprint density at radius 3 is 1.22 bits per heavy atom. The molecule has 0 radical (unpaired) electrons. The Hall–Kier alpha value is -0.700. The Kier molecular flexibility index (Phi) is 22.0. The molecule has 0 aromatic heterocycles. The van der Waals surface area contributed by atoms with Crippen LogP contribution in [0.5, 0.6) is 0 Å². The maximum atomic E-state index is 12.8. The first-order chi connectivity index (χ1) is 20.2. The molecule has 268 valence electrons. The van der Waals surface area contributed by atoms with Crippen LogP contribution in [0.25, 0.3) is 0 Å². The Balaban J connectivity index is 0. The van der Waals surface area contributed by atoms with Crippen LogP contribution >= 0.6 is 23.5 Å². The second kappa shape index (κ2) is 21.3. The second-order valence-electron chi connectivity index (χ2n) is 18.0. The Labute approximate surface area is 290 Å². The zero-order chi connectivity index (χ0) is 35.8. The van der Waals surface area contributed by atoms with E-state index >= 15 is 0 Å². The van der Waals surface area contributed by atoms with Crippen molar-refractivity contribution in [1.29, 1.82) is 0 Å². The summed E-state index contributed by atoms with van der Waals surface area (Å²) >= 11 is 3.87. The molecule has 0 N–H and O–H groups in total. The summed E-state index contributed by atoms with van der Waals surface area (Å²) in [6.45, 7) is 37.4. The standard InChI is InChI=1S/C19H38N2OS.C18H38N2OS/c1-10-11-21(14-18(2,3)4)17(22)12-16(13-20(8)9)23-15-19(5,6)7;1-10-20(13-17(2,3)4)16(21)11-15(12-19(8)9)22-14-18(5,6)7/h10,16H,1,11-15H2,2-9H3;15H,10-14H2,1-9H3. The van der Waals surface area contributed by atoms with Crippen LogP contribution in [0.1, 0.15) is 103 Å². The molecule has 2 atom stereocenters. The van der Waals surface area contributed by atoms with E-state index in [4.69, 9.17) is 0 Å². The van der Waals surface area contributed by atoms with E-state index in [0.717, 1.165) is 44.2 Å². The molecule has 0 spiro atoms. The lowest BCUT2D eigenvalue weighted by atomic mass is 9.96. The Morgan fingerprint density at radius 2 is 0.956 bits per heavy atom. The van der Waals surface area contributed by atoms with Crippen LogP contribution in [0.15, 0.2) is 12.7 Å². The predicted octanol–water partition coefficient (Wildman–Crippen LogP) is 8.13. The predicted molar refractivity (Wildman–Crippen MR) is 206 cm³/mol. The number of rotatable bonds is 17. The summed E-state index contributed by atoms with van der Waals surface area (Å²) in [5.74, 6) is 2.70. The summed E-state index contributed by atoms with van der Waals surface area (Å²) in [6.07, 6.45) is 3.07. The van der Waals surface area contributed by atoms with Gasteiger partial charge in [0.25, 0.3) is 0 Å². The fourth-order valence-electron chi connectivity index (χ4n) is 4.48. The third kappa shape index (κ3) is 29.2. The summed E-state index contributed by atoms with van der Waals surface area (Å²) in [4.78, 5) is 33.8. The molecule has 0 aliphatic carbocycles. The van der Waals surface area contributed by atoms with Crippen LogP contribution in [-0.4, -0.2) is 121 Å². The van der Waals surface area contributed by atoms with Crippen molar-refractivity contribution in [2.75, 3.05) is 79.0 Å². The average molecular weight is 673 g/mol. The van der Waals surface area contributed by atoms with Crippen LogP contribution in [0.4, 0.5) is 0 Å². The second-order valence-corrected chi connectivity index (χ2v) is 20.6. The minimum absolute atomic E-state index is 0.105. The van der Waals surface area contributed by atoms with Crippen molar-refractivity contribution in [3.05, 3.63) is 12.7 Å². The SMILES string of the molecule is C=CCN(CC(C)(C)C)C(=O)CC(CN(C)C)SCC(C)(C)C.CCN(CC(C)(C)C)C(=O)CC(CN(C)C)SCC(C)(C)C. The highest BCUT2D eigenvalue weighted by atomic mass is 32.2. The van der Waals surface area contributed by atoms with Gasteiger partial charge >= 0.3 is 0 Å². The molecule has 0 rings (SSSR count). The minimum Gasteiger partial charge on any atom is -0.342 e. The van der Waals surface area contributed by atoms with Gasteiger partial charge in [-0.05, 0) is 68.3 Å². The molecular weight excluding hydrogens is 597 g/mol. The van der Waals surface area contributed by atoms with E-state index in [1.54, 1.807) is 0 Å². The molecular formula is C37H76N4O2S2. The molecule has 0 aromatic rings. The molecule has 0 aromatic carbocycles. The molecule has 0 heterocycles. The molecule has 2 unspecified atom stereocenters. The first-order valence-corrected chi connectivity index (χ1v) is 19.0. The fourth-order valence-corrected chi connectivity index (χ4v) is 7.28. The third-order valence-corrected chi connectivity index (χ3v) is 9.85. The number of carbonyl (C=O) groups is 2. The molecule has 0 saturated heterocycles. The zero-order valence-electron chi connectivity index (χ0n) is 32.9. The normalized spacial score (nSPS) is 14.1. The van der Waals surface area contributed by atoms with Crippen molar-refractivity contribution in [3.63, 3.8) is 0 Å². The molecule has 8 heteroatoms. The fraction of sp³-hybridized carbons (Fsp3) is 0.892. The lowest BCUT2D eigenvalue weighted by Crippen LogP contribution is -2.40. The third-order valence-electron chi connectivity index (χ3n) is 6.21. The molecule has 2 amide bonds. The van der Waals surface area contributed by atoms with Gasteiger partial charge in [-0.15, -0.1) is 6.58 Å². The molecule has 0 bridgehead atoms. The highest BCUT2D eigenvalue weighted by Gasteiger charge is 2.26. The van der Waals surface area contributed by atoms with Gasteiger partial charge in [0, 0.05) is 62.6 Å².